The van der Waals surface area contributed by atoms with Crippen molar-refractivity contribution in [1.29, 1.82) is 0 Å². The topological polar surface area (TPSA) is 50.9 Å². The number of para-hydroxylation sites is 1. The first kappa shape index (κ1) is 11.3. The fourth-order valence-corrected chi connectivity index (χ4v) is 1.46. The summed E-state index contributed by atoms with van der Waals surface area (Å²) in [6.07, 6.45) is 1.42. The molecule has 5 heteroatoms. The molecule has 0 atom stereocenters. The summed E-state index contributed by atoms with van der Waals surface area (Å²) < 4.78 is 26.8. The molecule has 0 fully saturated rings. The Labute approximate surface area is 97.3 Å². The molecule has 0 saturated heterocycles. The molecule has 0 saturated carbocycles. The zero-order valence-electron chi connectivity index (χ0n) is 9.17. The van der Waals surface area contributed by atoms with E-state index in [1.165, 1.54) is 24.4 Å². The Kier molecular flexibility index (Phi) is 2.91. The van der Waals surface area contributed by atoms with Gasteiger partial charge in [-0.3, -0.25) is 0 Å². The van der Waals surface area contributed by atoms with Gasteiger partial charge < -0.3 is 11.1 Å². The molecule has 0 aliphatic heterocycles. The number of hydrogen-bond donors (Lipinski definition) is 2. The minimum atomic E-state index is -0.664. The normalized spacial score (nSPS) is 10.3. The van der Waals surface area contributed by atoms with E-state index in [9.17, 15) is 8.78 Å². The predicted molar refractivity (Wildman–Crippen MR) is 63.0 cm³/mol. The molecule has 1 aromatic carbocycles. The van der Waals surface area contributed by atoms with E-state index in [1.807, 2.05) is 0 Å². The van der Waals surface area contributed by atoms with Crippen LogP contribution >= 0.6 is 0 Å². The van der Waals surface area contributed by atoms with Crippen molar-refractivity contribution in [2.24, 2.45) is 0 Å². The van der Waals surface area contributed by atoms with E-state index in [0.717, 1.165) is 0 Å². The highest BCUT2D eigenvalue weighted by atomic mass is 19.1. The largest absolute Gasteiger partial charge is 0.397 e. The molecule has 2 rings (SSSR count). The molecule has 0 aliphatic carbocycles. The molecule has 3 nitrogen and oxygen atoms in total. The molecular formula is C12H11F2N3. The second kappa shape index (κ2) is 4.37. The van der Waals surface area contributed by atoms with Crippen molar-refractivity contribution in [3.05, 3.63) is 47.7 Å². The van der Waals surface area contributed by atoms with Crippen LogP contribution in [-0.4, -0.2) is 4.98 Å². The van der Waals surface area contributed by atoms with Gasteiger partial charge in [0.25, 0.3) is 0 Å². The van der Waals surface area contributed by atoms with E-state index in [-0.39, 0.29) is 5.69 Å². The number of benzene rings is 1. The first-order valence-corrected chi connectivity index (χ1v) is 5.01. The van der Waals surface area contributed by atoms with Gasteiger partial charge in [0.05, 0.1) is 11.9 Å². The van der Waals surface area contributed by atoms with Gasteiger partial charge in [-0.2, -0.15) is 0 Å². The first-order valence-electron chi connectivity index (χ1n) is 5.01. The minimum Gasteiger partial charge on any atom is -0.397 e. The predicted octanol–water partition coefficient (Wildman–Crippen LogP) is 2.99. The summed E-state index contributed by atoms with van der Waals surface area (Å²) in [5.74, 6) is -0.950. The van der Waals surface area contributed by atoms with Crippen molar-refractivity contribution < 1.29 is 8.78 Å². The maximum atomic E-state index is 13.4. The smallest absolute Gasteiger partial charge is 0.149 e. The number of hydrogen-bond acceptors (Lipinski definition) is 3. The van der Waals surface area contributed by atoms with E-state index in [0.29, 0.717) is 17.1 Å². The van der Waals surface area contributed by atoms with Crippen LogP contribution in [0.4, 0.5) is 26.0 Å². The summed E-state index contributed by atoms with van der Waals surface area (Å²) in [7, 11) is 0. The zero-order valence-corrected chi connectivity index (χ0v) is 9.17. The number of rotatable bonds is 2. The van der Waals surface area contributed by atoms with E-state index in [2.05, 4.69) is 10.3 Å². The Morgan fingerprint density at radius 2 is 1.88 bits per heavy atom. The molecule has 3 N–H and O–H groups in total. The number of nitrogen functional groups attached to an aromatic ring is 1. The summed E-state index contributed by atoms with van der Waals surface area (Å²) >= 11 is 0. The van der Waals surface area contributed by atoms with Gasteiger partial charge in [0.1, 0.15) is 23.1 Å². The number of nitrogens with one attached hydrogen (secondary N) is 1. The van der Waals surface area contributed by atoms with Gasteiger partial charge >= 0.3 is 0 Å². The first-order chi connectivity index (χ1) is 8.08. The average molecular weight is 235 g/mol. The number of halogens is 2. The second-order valence-electron chi connectivity index (χ2n) is 3.66. The Bertz CT molecular complexity index is 535. The summed E-state index contributed by atoms with van der Waals surface area (Å²) in [6, 6.07) is 5.34. The van der Waals surface area contributed by atoms with Gasteiger partial charge in [-0.1, -0.05) is 6.07 Å². The monoisotopic (exact) mass is 235 g/mol. The second-order valence-corrected chi connectivity index (χ2v) is 3.66. The highest BCUT2D eigenvalue weighted by molar-refractivity contribution is 5.62. The molecule has 1 aromatic heterocycles. The molecule has 2 aromatic rings. The summed E-state index contributed by atoms with van der Waals surface area (Å²) in [4.78, 5) is 3.99. The minimum absolute atomic E-state index is 0.215. The highest BCUT2D eigenvalue weighted by Gasteiger charge is 2.10. The van der Waals surface area contributed by atoms with Crippen LogP contribution in [-0.2, 0) is 0 Å². The zero-order chi connectivity index (χ0) is 12.4. The lowest BCUT2D eigenvalue weighted by Crippen LogP contribution is -2.01. The van der Waals surface area contributed by atoms with Gasteiger partial charge in [0, 0.05) is 0 Å². The van der Waals surface area contributed by atoms with Crippen LogP contribution in [0.5, 0.6) is 0 Å². The molecular weight excluding hydrogens is 224 g/mol. The van der Waals surface area contributed by atoms with Crippen molar-refractivity contribution in [1.82, 2.24) is 4.98 Å². The third-order valence-electron chi connectivity index (χ3n) is 2.31. The third-order valence-corrected chi connectivity index (χ3v) is 2.31. The van der Waals surface area contributed by atoms with Crippen LogP contribution in [0, 0.1) is 18.6 Å². The van der Waals surface area contributed by atoms with Gasteiger partial charge in [-0.15, -0.1) is 0 Å². The van der Waals surface area contributed by atoms with Gasteiger partial charge in [0.2, 0.25) is 0 Å². The Morgan fingerprint density at radius 3 is 2.47 bits per heavy atom. The van der Waals surface area contributed by atoms with Gasteiger partial charge in [0.15, 0.2) is 0 Å². The third kappa shape index (κ3) is 2.33. The van der Waals surface area contributed by atoms with Gasteiger partial charge in [-0.25, -0.2) is 13.8 Å². The maximum Gasteiger partial charge on any atom is 0.149 e. The fraction of sp³-hybridized carbons (Fsp3) is 0.0833. The van der Waals surface area contributed by atoms with Crippen LogP contribution in [0.2, 0.25) is 0 Å². The number of nitrogens with two attached hydrogens (primary N) is 1. The Balaban J connectivity index is 2.38. The van der Waals surface area contributed by atoms with Crippen LogP contribution in [0.15, 0.2) is 30.5 Å². The Morgan fingerprint density at radius 1 is 1.24 bits per heavy atom. The number of anilines is 3. The number of aryl methyl sites for hydroxylation is 1. The number of nitrogens with zero attached hydrogens (tertiary/aromatic N) is 1. The van der Waals surface area contributed by atoms with Crippen LogP contribution < -0.4 is 11.1 Å². The van der Waals surface area contributed by atoms with Crippen molar-refractivity contribution in [3.63, 3.8) is 0 Å². The standard InChI is InChI=1S/C12H11F2N3/c1-7-5-8(15)6-16-12(7)17-11-9(13)3-2-4-10(11)14/h2-6H,15H2,1H3,(H,16,17). The molecule has 0 unspecified atom stereocenters. The number of pyridine rings is 1. The van der Waals surface area contributed by atoms with Crippen LogP contribution in [0.1, 0.15) is 5.56 Å². The Hall–Kier alpha value is -2.17. The van der Waals surface area contributed by atoms with Crippen molar-refractivity contribution in [3.8, 4) is 0 Å². The molecule has 0 radical (unpaired) electrons. The summed E-state index contributed by atoms with van der Waals surface area (Å²) in [5.41, 5.74) is 6.54. The van der Waals surface area contributed by atoms with Crippen molar-refractivity contribution in [2.45, 2.75) is 6.92 Å². The van der Waals surface area contributed by atoms with Crippen molar-refractivity contribution in [2.75, 3.05) is 11.1 Å². The van der Waals surface area contributed by atoms with Gasteiger partial charge in [-0.05, 0) is 30.7 Å². The molecule has 1 heterocycles. The quantitative estimate of drug-likeness (QED) is 0.841. The number of aromatic nitrogens is 1. The molecule has 0 aliphatic rings. The van der Waals surface area contributed by atoms with E-state index < -0.39 is 11.6 Å². The lowest BCUT2D eigenvalue weighted by Gasteiger charge is -2.10. The van der Waals surface area contributed by atoms with Crippen molar-refractivity contribution >= 4 is 17.2 Å². The maximum absolute atomic E-state index is 13.4. The lowest BCUT2D eigenvalue weighted by atomic mass is 10.2. The van der Waals surface area contributed by atoms with E-state index in [1.54, 1.807) is 13.0 Å². The molecule has 17 heavy (non-hydrogen) atoms. The highest BCUT2D eigenvalue weighted by Crippen LogP contribution is 2.24. The van der Waals surface area contributed by atoms with Crippen LogP contribution in [0.3, 0.4) is 0 Å². The fourth-order valence-electron chi connectivity index (χ4n) is 1.46. The molecule has 0 bridgehead atoms. The molecule has 88 valence electrons. The van der Waals surface area contributed by atoms with Crippen LogP contribution in [0.25, 0.3) is 0 Å². The van der Waals surface area contributed by atoms with E-state index >= 15 is 0 Å². The molecule has 0 spiro atoms. The SMILES string of the molecule is Cc1cc(N)cnc1Nc1c(F)cccc1F. The summed E-state index contributed by atoms with van der Waals surface area (Å²) in [6.45, 7) is 1.75. The molecule has 0 amide bonds. The summed E-state index contributed by atoms with van der Waals surface area (Å²) in [5, 5.41) is 2.62. The average Bonchev–Trinajstić information content (AvgIpc) is 2.26. The van der Waals surface area contributed by atoms with E-state index in [4.69, 9.17) is 5.73 Å². The lowest BCUT2D eigenvalue weighted by molar-refractivity contribution is 0.590.